The Bertz CT molecular complexity index is 224. The van der Waals surface area contributed by atoms with Gasteiger partial charge in [-0.1, -0.05) is 41.5 Å². The average molecular weight is 268 g/mol. The molecule has 0 bridgehead atoms. The van der Waals surface area contributed by atoms with Gasteiger partial charge < -0.3 is 5.73 Å². The Hall–Kier alpha value is -0.0400. The summed E-state index contributed by atoms with van der Waals surface area (Å²) in [6.07, 6.45) is 6.81. The van der Waals surface area contributed by atoms with E-state index in [1.54, 1.807) is 0 Å². The molecule has 1 rings (SSSR count). The molecule has 1 nitrogen and oxygen atoms in total. The standard InChI is InChI=1S/C18H37N/c1-12(2)7-15-10-16(8-13(3)4)18(19)17(11-15)9-14(5)6/h12-18H,7-11,19H2,1-6H3. The fourth-order valence-electron chi connectivity index (χ4n) is 4.23. The molecule has 1 aliphatic rings. The van der Waals surface area contributed by atoms with Crippen molar-refractivity contribution in [3.05, 3.63) is 0 Å². The summed E-state index contributed by atoms with van der Waals surface area (Å²) in [4.78, 5) is 0. The van der Waals surface area contributed by atoms with Crippen molar-refractivity contribution < 1.29 is 0 Å². The fourth-order valence-corrected chi connectivity index (χ4v) is 4.23. The maximum Gasteiger partial charge on any atom is 0.00960 e. The zero-order valence-corrected chi connectivity index (χ0v) is 14.2. The van der Waals surface area contributed by atoms with E-state index in [4.69, 9.17) is 5.73 Å². The Labute approximate surface area is 121 Å². The van der Waals surface area contributed by atoms with Crippen molar-refractivity contribution in [2.45, 2.75) is 79.7 Å². The van der Waals surface area contributed by atoms with Crippen LogP contribution >= 0.6 is 0 Å². The lowest BCUT2D eigenvalue weighted by Gasteiger charge is -2.42. The van der Waals surface area contributed by atoms with Crippen molar-refractivity contribution in [1.29, 1.82) is 0 Å². The normalized spacial score (nSPS) is 32.5. The maximum absolute atomic E-state index is 6.61. The summed E-state index contributed by atoms with van der Waals surface area (Å²) in [7, 11) is 0. The van der Waals surface area contributed by atoms with Gasteiger partial charge in [-0.25, -0.2) is 0 Å². The summed E-state index contributed by atoms with van der Waals surface area (Å²) in [5.41, 5.74) is 6.61. The predicted molar refractivity (Wildman–Crippen MR) is 86.0 cm³/mol. The van der Waals surface area contributed by atoms with E-state index in [-0.39, 0.29) is 0 Å². The highest BCUT2D eigenvalue weighted by Gasteiger charge is 2.35. The molecule has 114 valence electrons. The smallest absolute Gasteiger partial charge is 0.00960 e. The monoisotopic (exact) mass is 267 g/mol. The van der Waals surface area contributed by atoms with Crippen LogP contribution in [0.4, 0.5) is 0 Å². The Morgan fingerprint density at radius 2 is 1.11 bits per heavy atom. The highest BCUT2D eigenvalue weighted by molar-refractivity contribution is 4.90. The molecule has 19 heavy (non-hydrogen) atoms. The van der Waals surface area contributed by atoms with Crippen molar-refractivity contribution >= 4 is 0 Å². The molecule has 0 radical (unpaired) electrons. The van der Waals surface area contributed by atoms with Gasteiger partial charge in [0.1, 0.15) is 0 Å². The zero-order valence-electron chi connectivity index (χ0n) is 14.2. The molecule has 0 aromatic heterocycles. The summed E-state index contributed by atoms with van der Waals surface area (Å²) in [5, 5.41) is 0. The van der Waals surface area contributed by atoms with Crippen LogP contribution in [0.1, 0.15) is 73.6 Å². The van der Waals surface area contributed by atoms with E-state index < -0.39 is 0 Å². The van der Waals surface area contributed by atoms with Crippen LogP contribution in [0.25, 0.3) is 0 Å². The highest BCUT2D eigenvalue weighted by Crippen LogP contribution is 2.40. The first-order valence-electron chi connectivity index (χ1n) is 8.55. The summed E-state index contributed by atoms with van der Waals surface area (Å²) < 4.78 is 0. The van der Waals surface area contributed by atoms with E-state index in [1.165, 1.54) is 32.1 Å². The van der Waals surface area contributed by atoms with Gasteiger partial charge in [-0.05, 0) is 67.6 Å². The van der Waals surface area contributed by atoms with Gasteiger partial charge in [-0.15, -0.1) is 0 Å². The summed E-state index contributed by atoms with van der Waals surface area (Å²) in [6, 6.07) is 0.452. The molecule has 0 aliphatic heterocycles. The third-order valence-electron chi connectivity index (χ3n) is 4.71. The third kappa shape index (κ3) is 5.85. The van der Waals surface area contributed by atoms with Crippen LogP contribution in [0.2, 0.25) is 0 Å². The molecule has 0 amide bonds. The molecule has 0 spiro atoms. The second-order valence-corrected chi connectivity index (χ2v) is 8.32. The molecule has 0 heterocycles. The summed E-state index contributed by atoms with van der Waals surface area (Å²) >= 11 is 0. The largest absolute Gasteiger partial charge is 0.327 e. The minimum atomic E-state index is 0.452. The first-order valence-corrected chi connectivity index (χ1v) is 8.55. The van der Waals surface area contributed by atoms with Crippen LogP contribution < -0.4 is 5.73 Å². The molecular weight excluding hydrogens is 230 g/mol. The zero-order chi connectivity index (χ0) is 14.6. The predicted octanol–water partition coefficient (Wildman–Crippen LogP) is 5.09. The highest BCUT2D eigenvalue weighted by atomic mass is 14.7. The van der Waals surface area contributed by atoms with E-state index in [0.29, 0.717) is 6.04 Å². The topological polar surface area (TPSA) is 26.0 Å². The minimum absolute atomic E-state index is 0.452. The Kier molecular flexibility index (Phi) is 6.86. The van der Waals surface area contributed by atoms with Gasteiger partial charge in [0.15, 0.2) is 0 Å². The lowest BCUT2D eigenvalue weighted by Crippen LogP contribution is -2.44. The first kappa shape index (κ1) is 17.0. The lowest BCUT2D eigenvalue weighted by molar-refractivity contribution is 0.115. The molecule has 0 aromatic carbocycles. The van der Waals surface area contributed by atoms with E-state index in [2.05, 4.69) is 41.5 Å². The van der Waals surface area contributed by atoms with Gasteiger partial charge in [-0.2, -0.15) is 0 Å². The van der Waals surface area contributed by atoms with Gasteiger partial charge in [-0.3, -0.25) is 0 Å². The van der Waals surface area contributed by atoms with Crippen LogP contribution in [-0.4, -0.2) is 6.04 Å². The van der Waals surface area contributed by atoms with Gasteiger partial charge in [0.25, 0.3) is 0 Å². The van der Waals surface area contributed by atoms with E-state index in [9.17, 15) is 0 Å². The van der Waals surface area contributed by atoms with Crippen LogP contribution in [0.3, 0.4) is 0 Å². The van der Waals surface area contributed by atoms with Crippen molar-refractivity contribution in [2.75, 3.05) is 0 Å². The van der Waals surface area contributed by atoms with Gasteiger partial charge in [0.2, 0.25) is 0 Å². The second-order valence-electron chi connectivity index (χ2n) is 8.32. The minimum Gasteiger partial charge on any atom is -0.327 e. The first-order chi connectivity index (χ1) is 8.79. The van der Waals surface area contributed by atoms with Gasteiger partial charge in [0, 0.05) is 6.04 Å². The molecule has 2 N–H and O–H groups in total. The molecule has 2 unspecified atom stereocenters. The number of rotatable bonds is 6. The van der Waals surface area contributed by atoms with Gasteiger partial charge >= 0.3 is 0 Å². The number of hydrogen-bond acceptors (Lipinski definition) is 1. The van der Waals surface area contributed by atoms with Crippen LogP contribution in [0.5, 0.6) is 0 Å². The van der Waals surface area contributed by atoms with E-state index >= 15 is 0 Å². The van der Waals surface area contributed by atoms with Gasteiger partial charge in [0.05, 0.1) is 0 Å². The SMILES string of the molecule is CC(C)CC1CC(CC(C)C)C(N)C(CC(C)C)C1. The molecule has 2 atom stereocenters. The molecule has 1 fully saturated rings. The fraction of sp³-hybridized carbons (Fsp3) is 1.00. The second kappa shape index (κ2) is 7.67. The maximum atomic E-state index is 6.61. The number of nitrogens with two attached hydrogens (primary N) is 1. The Balaban J connectivity index is 2.69. The molecule has 1 saturated carbocycles. The Morgan fingerprint density at radius 3 is 1.42 bits per heavy atom. The molecule has 0 saturated heterocycles. The molecule has 1 aliphatic carbocycles. The number of hydrogen-bond donors (Lipinski definition) is 1. The van der Waals surface area contributed by atoms with Crippen molar-refractivity contribution in [3.63, 3.8) is 0 Å². The van der Waals surface area contributed by atoms with Crippen molar-refractivity contribution in [3.8, 4) is 0 Å². The Morgan fingerprint density at radius 1 is 0.737 bits per heavy atom. The third-order valence-corrected chi connectivity index (χ3v) is 4.71. The summed E-state index contributed by atoms with van der Waals surface area (Å²) in [5.74, 6) is 4.86. The van der Waals surface area contributed by atoms with Crippen LogP contribution in [-0.2, 0) is 0 Å². The van der Waals surface area contributed by atoms with Crippen LogP contribution in [0, 0.1) is 35.5 Å². The molecular formula is C18H37N. The van der Waals surface area contributed by atoms with Crippen LogP contribution in [0.15, 0.2) is 0 Å². The molecule has 1 heteroatoms. The summed E-state index contributed by atoms with van der Waals surface area (Å²) in [6.45, 7) is 14.1. The average Bonchev–Trinajstić information content (AvgIpc) is 2.22. The van der Waals surface area contributed by atoms with Crippen molar-refractivity contribution in [2.24, 2.45) is 41.2 Å². The molecule has 0 aromatic rings. The lowest BCUT2D eigenvalue weighted by atomic mass is 9.66. The van der Waals surface area contributed by atoms with E-state index in [1.807, 2.05) is 0 Å². The van der Waals surface area contributed by atoms with E-state index in [0.717, 1.165) is 35.5 Å². The quantitative estimate of drug-likeness (QED) is 0.712. The van der Waals surface area contributed by atoms with Crippen molar-refractivity contribution in [1.82, 2.24) is 0 Å².